The Labute approximate surface area is 163 Å². The van der Waals surface area contributed by atoms with Gasteiger partial charge in [0.05, 0.1) is 6.07 Å². The van der Waals surface area contributed by atoms with Crippen LogP contribution < -0.4 is 11.1 Å². The Balaban J connectivity index is 1.56. The van der Waals surface area contributed by atoms with E-state index in [-0.39, 0.29) is 11.8 Å². The molecule has 0 bridgehead atoms. The summed E-state index contributed by atoms with van der Waals surface area (Å²) in [4.78, 5) is 39.9. The van der Waals surface area contributed by atoms with Crippen LogP contribution >= 0.6 is 0 Å². The van der Waals surface area contributed by atoms with Crippen LogP contribution in [0.3, 0.4) is 0 Å². The van der Waals surface area contributed by atoms with Crippen LogP contribution in [-0.4, -0.2) is 28.2 Å². The summed E-state index contributed by atoms with van der Waals surface area (Å²) in [6.07, 6.45) is 4.28. The number of carbonyl (C=O) groups excluding carboxylic acids is 3. The number of hydrogen-bond donors (Lipinski definition) is 2. The summed E-state index contributed by atoms with van der Waals surface area (Å²) < 4.78 is 0. The van der Waals surface area contributed by atoms with E-state index in [4.69, 9.17) is 5.73 Å². The van der Waals surface area contributed by atoms with E-state index >= 15 is 0 Å². The molecule has 0 spiro atoms. The average molecular weight is 380 g/mol. The van der Waals surface area contributed by atoms with E-state index in [2.05, 4.69) is 11.4 Å². The highest BCUT2D eigenvalue weighted by atomic mass is 16.2. The van der Waals surface area contributed by atoms with Crippen LogP contribution in [0.15, 0.2) is 24.3 Å². The first-order chi connectivity index (χ1) is 13.5. The number of nitrogens with zero attached hydrogens (tertiary/aromatic N) is 2. The molecule has 1 aromatic carbocycles. The third-order valence-electron chi connectivity index (χ3n) is 6.30. The number of rotatable bonds is 4. The highest BCUT2D eigenvalue weighted by molar-refractivity contribution is 5.93. The Morgan fingerprint density at radius 3 is 2.46 bits per heavy atom. The predicted molar refractivity (Wildman–Crippen MR) is 100 cm³/mol. The number of carbonyl (C=O) groups is 3. The van der Waals surface area contributed by atoms with Crippen molar-refractivity contribution < 1.29 is 14.4 Å². The lowest BCUT2D eigenvalue weighted by Gasteiger charge is -2.34. The molecule has 2 fully saturated rings. The first kappa shape index (κ1) is 18.5. The third-order valence-corrected chi connectivity index (χ3v) is 6.30. The van der Waals surface area contributed by atoms with E-state index in [1.807, 2.05) is 24.3 Å². The van der Waals surface area contributed by atoms with Crippen LogP contribution in [-0.2, 0) is 20.9 Å². The fraction of sp³-hybridized carbons (Fsp3) is 0.524. The number of fused-ring (bicyclic) bond motifs is 1. The number of amides is 3. The SMILES string of the molecule is N#CC1(NC(=O)[C@@H]2CCCC[C@H]2C(=O)N2Cc3ccccc3C2C(N)=O)CC1. The van der Waals surface area contributed by atoms with Crippen molar-refractivity contribution in [3.05, 3.63) is 35.4 Å². The van der Waals surface area contributed by atoms with Gasteiger partial charge >= 0.3 is 0 Å². The van der Waals surface area contributed by atoms with E-state index in [9.17, 15) is 19.6 Å². The first-order valence-electron chi connectivity index (χ1n) is 9.87. The molecule has 3 N–H and O–H groups in total. The van der Waals surface area contributed by atoms with Gasteiger partial charge in [0, 0.05) is 18.4 Å². The maximum absolute atomic E-state index is 13.4. The van der Waals surface area contributed by atoms with Crippen molar-refractivity contribution in [3.63, 3.8) is 0 Å². The summed E-state index contributed by atoms with van der Waals surface area (Å²) in [7, 11) is 0. The smallest absolute Gasteiger partial charge is 0.244 e. The van der Waals surface area contributed by atoms with E-state index in [0.29, 0.717) is 32.2 Å². The topological polar surface area (TPSA) is 116 Å². The second-order valence-corrected chi connectivity index (χ2v) is 8.15. The van der Waals surface area contributed by atoms with Crippen LogP contribution in [0.5, 0.6) is 0 Å². The molecule has 3 atom stereocenters. The summed E-state index contributed by atoms with van der Waals surface area (Å²) in [5.41, 5.74) is 6.56. The molecule has 1 aliphatic heterocycles. The quantitative estimate of drug-likeness (QED) is 0.824. The average Bonchev–Trinajstić information content (AvgIpc) is 3.36. The summed E-state index contributed by atoms with van der Waals surface area (Å²) in [6.45, 7) is 0.329. The largest absolute Gasteiger partial charge is 0.368 e. The van der Waals surface area contributed by atoms with E-state index in [1.54, 1.807) is 0 Å². The van der Waals surface area contributed by atoms with Gasteiger partial charge in [-0.3, -0.25) is 14.4 Å². The molecule has 2 aliphatic carbocycles. The molecule has 3 aliphatic rings. The van der Waals surface area contributed by atoms with Crippen LogP contribution in [0.25, 0.3) is 0 Å². The lowest BCUT2D eigenvalue weighted by atomic mass is 9.77. The molecular weight excluding hydrogens is 356 g/mol. The minimum atomic E-state index is -0.789. The van der Waals surface area contributed by atoms with Crippen molar-refractivity contribution in [1.82, 2.24) is 10.2 Å². The Morgan fingerprint density at radius 2 is 1.82 bits per heavy atom. The number of nitrogens with one attached hydrogen (secondary N) is 1. The molecule has 1 unspecified atom stereocenters. The van der Waals surface area contributed by atoms with Gasteiger partial charge in [0.2, 0.25) is 17.7 Å². The van der Waals surface area contributed by atoms with Crippen molar-refractivity contribution >= 4 is 17.7 Å². The minimum absolute atomic E-state index is 0.193. The Hall–Kier alpha value is -2.88. The van der Waals surface area contributed by atoms with Gasteiger partial charge in [-0.05, 0) is 36.8 Å². The summed E-state index contributed by atoms with van der Waals surface area (Å²) in [6, 6.07) is 8.80. The second kappa shape index (κ2) is 6.93. The first-order valence-corrected chi connectivity index (χ1v) is 9.87. The number of nitriles is 1. The zero-order chi connectivity index (χ0) is 19.9. The maximum atomic E-state index is 13.4. The van der Waals surface area contributed by atoms with Gasteiger partial charge in [-0.15, -0.1) is 0 Å². The Kier molecular flexibility index (Phi) is 4.58. The van der Waals surface area contributed by atoms with E-state index in [0.717, 1.165) is 24.0 Å². The van der Waals surface area contributed by atoms with Crippen molar-refractivity contribution in [1.29, 1.82) is 5.26 Å². The highest BCUT2D eigenvalue weighted by Gasteiger charge is 2.48. The lowest BCUT2D eigenvalue weighted by molar-refractivity contribution is -0.148. The van der Waals surface area contributed by atoms with Crippen molar-refractivity contribution in [3.8, 4) is 6.07 Å². The molecule has 1 aromatic rings. The lowest BCUT2D eigenvalue weighted by Crippen LogP contribution is -2.48. The molecule has 4 rings (SSSR count). The van der Waals surface area contributed by atoms with Crippen molar-refractivity contribution in [2.24, 2.45) is 17.6 Å². The van der Waals surface area contributed by atoms with E-state index in [1.165, 1.54) is 4.90 Å². The van der Waals surface area contributed by atoms with Crippen LogP contribution in [0.1, 0.15) is 55.7 Å². The van der Waals surface area contributed by atoms with Crippen molar-refractivity contribution in [2.75, 3.05) is 0 Å². The van der Waals surface area contributed by atoms with Crippen molar-refractivity contribution in [2.45, 2.75) is 56.7 Å². The molecule has 3 amide bonds. The van der Waals surface area contributed by atoms with Gasteiger partial charge in [0.15, 0.2) is 0 Å². The molecular formula is C21H24N4O3. The molecule has 0 saturated heterocycles. The van der Waals surface area contributed by atoms with E-state index < -0.39 is 29.3 Å². The number of benzene rings is 1. The molecule has 0 aromatic heterocycles. The van der Waals surface area contributed by atoms with Crippen LogP contribution in [0.4, 0.5) is 0 Å². The zero-order valence-corrected chi connectivity index (χ0v) is 15.7. The number of hydrogen-bond acceptors (Lipinski definition) is 4. The molecule has 0 radical (unpaired) electrons. The van der Waals surface area contributed by atoms with Gasteiger partial charge in [0.25, 0.3) is 0 Å². The minimum Gasteiger partial charge on any atom is -0.368 e. The second-order valence-electron chi connectivity index (χ2n) is 8.15. The molecule has 2 saturated carbocycles. The normalized spacial score (nSPS) is 27.4. The molecule has 28 heavy (non-hydrogen) atoms. The fourth-order valence-electron chi connectivity index (χ4n) is 4.57. The Bertz CT molecular complexity index is 871. The molecule has 7 nitrogen and oxygen atoms in total. The summed E-state index contributed by atoms with van der Waals surface area (Å²) in [5.74, 6) is -1.92. The van der Waals surface area contributed by atoms with Gasteiger partial charge in [-0.1, -0.05) is 37.1 Å². The van der Waals surface area contributed by atoms with Gasteiger partial charge < -0.3 is 16.0 Å². The van der Waals surface area contributed by atoms with Gasteiger partial charge in [-0.2, -0.15) is 5.26 Å². The maximum Gasteiger partial charge on any atom is 0.244 e. The fourth-order valence-corrected chi connectivity index (χ4v) is 4.57. The standard InChI is InChI=1S/C21H24N4O3/c22-12-21(9-10-21)24-19(27)15-7-3-4-8-16(15)20(28)25-11-13-5-1-2-6-14(13)17(25)18(23)26/h1-2,5-6,15-17H,3-4,7-11H2,(H2,23,26)(H,24,27)/t15-,16-,17?/m1/s1. The predicted octanol–water partition coefficient (Wildman–Crippen LogP) is 1.53. The summed E-state index contributed by atoms with van der Waals surface area (Å²) in [5, 5.41) is 12.1. The van der Waals surface area contributed by atoms with Crippen LogP contribution in [0, 0.1) is 23.2 Å². The molecule has 7 heteroatoms. The van der Waals surface area contributed by atoms with Crippen LogP contribution in [0.2, 0.25) is 0 Å². The van der Waals surface area contributed by atoms with Gasteiger partial charge in [0.1, 0.15) is 11.6 Å². The molecule has 146 valence electrons. The number of nitrogens with two attached hydrogens (primary N) is 1. The summed E-state index contributed by atoms with van der Waals surface area (Å²) >= 11 is 0. The zero-order valence-electron chi connectivity index (χ0n) is 15.7. The monoisotopic (exact) mass is 380 g/mol. The number of primary amides is 1. The third kappa shape index (κ3) is 3.13. The molecule has 1 heterocycles. The Morgan fingerprint density at radius 1 is 1.14 bits per heavy atom. The van der Waals surface area contributed by atoms with Gasteiger partial charge in [-0.25, -0.2) is 0 Å². The highest BCUT2D eigenvalue weighted by Crippen LogP contribution is 2.40.